The van der Waals surface area contributed by atoms with E-state index in [9.17, 15) is 9.59 Å². The van der Waals surface area contributed by atoms with Gasteiger partial charge in [-0.05, 0) is 31.2 Å². The maximum absolute atomic E-state index is 11.5. The molecule has 0 aliphatic carbocycles. The lowest BCUT2D eigenvalue weighted by molar-refractivity contribution is 0.0689. The van der Waals surface area contributed by atoms with Gasteiger partial charge in [-0.1, -0.05) is 35.5 Å². The number of carboxylic acid groups (broad SMARTS) is 1. The van der Waals surface area contributed by atoms with Crippen LogP contribution < -0.4 is 0 Å². The Kier molecular flexibility index (Phi) is 4.29. The highest BCUT2D eigenvalue weighted by molar-refractivity contribution is 5.87. The molecule has 28 heavy (non-hydrogen) atoms. The number of aldehydes is 1. The second-order valence-corrected chi connectivity index (χ2v) is 6.12. The molecule has 2 aromatic carbocycles. The topological polar surface area (TPSA) is 103 Å². The van der Waals surface area contributed by atoms with Crippen LogP contribution in [0.15, 0.2) is 60.8 Å². The first-order valence-electron chi connectivity index (χ1n) is 8.45. The summed E-state index contributed by atoms with van der Waals surface area (Å²) in [7, 11) is 0. The number of aromatic nitrogens is 5. The molecule has 2 aromatic heterocycles. The zero-order valence-electron chi connectivity index (χ0n) is 14.9. The van der Waals surface area contributed by atoms with Crippen molar-refractivity contribution in [3.63, 3.8) is 0 Å². The molecular weight excluding hydrogens is 358 g/mol. The number of benzene rings is 2. The number of aromatic carboxylic acids is 1. The first kappa shape index (κ1) is 17.3. The maximum atomic E-state index is 11.5. The highest BCUT2D eigenvalue weighted by Crippen LogP contribution is 2.24. The van der Waals surface area contributed by atoms with Gasteiger partial charge in [-0.3, -0.25) is 4.79 Å². The average molecular weight is 373 g/mol. The summed E-state index contributed by atoms with van der Waals surface area (Å²) < 4.78 is 3.12. The van der Waals surface area contributed by atoms with E-state index in [0.29, 0.717) is 22.6 Å². The number of hydrogen-bond acceptors (Lipinski definition) is 5. The minimum Gasteiger partial charge on any atom is -0.476 e. The highest BCUT2D eigenvalue weighted by atomic mass is 16.4. The number of rotatable bonds is 5. The molecule has 0 radical (unpaired) electrons. The minimum absolute atomic E-state index is 0.0890. The van der Waals surface area contributed by atoms with Gasteiger partial charge in [0.1, 0.15) is 5.69 Å². The molecular formula is C20H15N5O3. The van der Waals surface area contributed by atoms with E-state index >= 15 is 0 Å². The van der Waals surface area contributed by atoms with E-state index in [1.807, 2.05) is 42.5 Å². The van der Waals surface area contributed by atoms with Crippen LogP contribution in [0.2, 0.25) is 0 Å². The van der Waals surface area contributed by atoms with Crippen molar-refractivity contribution in [2.75, 3.05) is 0 Å². The second-order valence-electron chi connectivity index (χ2n) is 6.12. The van der Waals surface area contributed by atoms with E-state index in [0.717, 1.165) is 17.5 Å². The summed E-state index contributed by atoms with van der Waals surface area (Å²) in [5.41, 5.74) is 3.66. The monoisotopic (exact) mass is 373 g/mol. The molecule has 8 heteroatoms. The Balaban J connectivity index is 1.71. The lowest BCUT2D eigenvalue weighted by Crippen LogP contribution is -2.02. The van der Waals surface area contributed by atoms with Gasteiger partial charge in [0.25, 0.3) is 0 Å². The van der Waals surface area contributed by atoms with E-state index in [1.54, 1.807) is 29.9 Å². The molecule has 0 unspecified atom stereocenters. The lowest BCUT2D eigenvalue weighted by atomic mass is 10.1. The summed E-state index contributed by atoms with van der Waals surface area (Å²) in [6.07, 6.45) is 2.46. The van der Waals surface area contributed by atoms with Gasteiger partial charge in [0.05, 0.1) is 22.6 Å². The summed E-state index contributed by atoms with van der Waals surface area (Å²) >= 11 is 0. The predicted octanol–water partition coefficient (Wildman–Crippen LogP) is 2.94. The number of para-hydroxylation sites is 1. The van der Waals surface area contributed by atoms with Crippen LogP contribution in [0.1, 0.15) is 26.5 Å². The minimum atomic E-state index is -1.12. The molecule has 1 N–H and O–H groups in total. The number of nitrogens with zero attached hydrogens (tertiary/aromatic N) is 5. The fourth-order valence-electron chi connectivity index (χ4n) is 2.94. The molecule has 0 amide bonds. The Morgan fingerprint density at radius 3 is 2.36 bits per heavy atom. The van der Waals surface area contributed by atoms with Gasteiger partial charge in [0.2, 0.25) is 0 Å². The van der Waals surface area contributed by atoms with Crippen LogP contribution in [-0.4, -0.2) is 42.1 Å². The van der Waals surface area contributed by atoms with Crippen molar-refractivity contribution in [1.29, 1.82) is 0 Å². The molecule has 138 valence electrons. The fraction of sp³-hybridized carbons (Fsp3) is 0.0500. The Hall–Kier alpha value is -4.07. The number of carbonyl (C=O) groups is 2. The SMILES string of the molecule is Cc1c(C(=O)O)nnn1-c1ccc(-c2nn(-c3ccccc3)cc2C=O)cc1. The largest absolute Gasteiger partial charge is 0.476 e. The smallest absolute Gasteiger partial charge is 0.358 e. The molecule has 0 aliphatic rings. The molecule has 0 fully saturated rings. The van der Waals surface area contributed by atoms with Crippen LogP contribution in [0.3, 0.4) is 0 Å². The van der Waals surface area contributed by atoms with Crippen LogP contribution in [-0.2, 0) is 0 Å². The Morgan fingerprint density at radius 2 is 1.75 bits per heavy atom. The molecule has 2 heterocycles. The Morgan fingerprint density at radius 1 is 1.04 bits per heavy atom. The van der Waals surface area contributed by atoms with Crippen molar-refractivity contribution in [1.82, 2.24) is 24.8 Å². The van der Waals surface area contributed by atoms with Gasteiger partial charge >= 0.3 is 5.97 Å². The zero-order chi connectivity index (χ0) is 19.7. The van der Waals surface area contributed by atoms with Crippen LogP contribution in [0.4, 0.5) is 0 Å². The van der Waals surface area contributed by atoms with Crippen molar-refractivity contribution in [3.05, 3.63) is 77.7 Å². The van der Waals surface area contributed by atoms with Crippen molar-refractivity contribution >= 4 is 12.3 Å². The summed E-state index contributed by atoms with van der Waals surface area (Å²) in [6.45, 7) is 1.64. The Bertz CT molecular complexity index is 1160. The van der Waals surface area contributed by atoms with E-state index in [2.05, 4.69) is 15.4 Å². The van der Waals surface area contributed by atoms with Gasteiger partial charge < -0.3 is 5.11 Å². The van der Waals surface area contributed by atoms with Crippen LogP contribution in [0.5, 0.6) is 0 Å². The first-order valence-corrected chi connectivity index (χ1v) is 8.45. The lowest BCUT2D eigenvalue weighted by Gasteiger charge is -2.05. The molecule has 0 saturated carbocycles. The third-order valence-electron chi connectivity index (χ3n) is 4.37. The van der Waals surface area contributed by atoms with Gasteiger partial charge in [-0.25, -0.2) is 14.2 Å². The number of carboxylic acids is 1. The maximum Gasteiger partial charge on any atom is 0.358 e. The normalized spacial score (nSPS) is 10.8. The van der Waals surface area contributed by atoms with E-state index in [-0.39, 0.29) is 5.69 Å². The summed E-state index contributed by atoms with van der Waals surface area (Å²) in [4.78, 5) is 22.6. The molecule has 4 aromatic rings. The van der Waals surface area contributed by atoms with E-state index in [4.69, 9.17) is 5.11 Å². The summed E-state index contributed by atoms with van der Waals surface area (Å²) in [5, 5.41) is 21.2. The van der Waals surface area contributed by atoms with Crippen molar-refractivity contribution in [3.8, 4) is 22.6 Å². The molecule has 4 rings (SSSR count). The Labute approximate surface area is 159 Å². The molecule has 0 aliphatic heterocycles. The van der Waals surface area contributed by atoms with E-state index in [1.165, 1.54) is 4.68 Å². The predicted molar refractivity (Wildman–Crippen MR) is 101 cm³/mol. The standard InChI is InChI=1S/C20H15N5O3/c1-13-18(20(27)28)21-23-25(13)17-9-7-14(8-10-17)19-15(12-26)11-24(22-19)16-5-3-2-4-6-16/h2-12H,1H3,(H,27,28). The van der Waals surface area contributed by atoms with Crippen molar-refractivity contribution in [2.24, 2.45) is 0 Å². The van der Waals surface area contributed by atoms with Gasteiger partial charge in [-0.2, -0.15) is 5.10 Å². The highest BCUT2D eigenvalue weighted by Gasteiger charge is 2.17. The summed E-state index contributed by atoms with van der Waals surface area (Å²) in [6, 6.07) is 16.7. The van der Waals surface area contributed by atoms with Gasteiger partial charge in [0, 0.05) is 11.8 Å². The third kappa shape index (κ3) is 2.96. The molecule has 0 bridgehead atoms. The number of hydrogen-bond donors (Lipinski definition) is 1. The van der Waals surface area contributed by atoms with Crippen LogP contribution in [0.25, 0.3) is 22.6 Å². The van der Waals surface area contributed by atoms with Gasteiger partial charge in [-0.15, -0.1) is 5.10 Å². The average Bonchev–Trinajstić information content (AvgIpc) is 3.32. The van der Waals surface area contributed by atoms with Crippen molar-refractivity contribution < 1.29 is 14.7 Å². The number of carbonyl (C=O) groups excluding carboxylic acids is 1. The first-order chi connectivity index (χ1) is 13.6. The quantitative estimate of drug-likeness (QED) is 0.540. The summed E-state index contributed by atoms with van der Waals surface area (Å²) in [5.74, 6) is -1.12. The van der Waals surface area contributed by atoms with Crippen LogP contribution >= 0.6 is 0 Å². The van der Waals surface area contributed by atoms with Crippen LogP contribution in [0, 0.1) is 6.92 Å². The second kappa shape index (κ2) is 6.92. The molecule has 8 nitrogen and oxygen atoms in total. The van der Waals surface area contributed by atoms with E-state index < -0.39 is 5.97 Å². The zero-order valence-corrected chi connectivity index (χ0v) is 14.9. The molecule has 0 spiro atoms. The van der Waals surface area contributed by atoms with Crippen molar-refractivity contribution in [2.45, 2.75) is 6.92 Å². The molecule has 0 saturated heterocycles. The fourth-order valence-corrected chi connectivity index (χ4v) is 2.94. The van der Waals surface area contributed by atoms with Gasteiger partial charge in [0.15, 0.2) is 12.0 Å². The molecule has 0 atom stereocenters. The third-order valence-corrected chi connectivity index (χ3v) is 4.37.